The Balaban J connectivity index is 1.57. The van der Waals surface area contributed by atoms with Crippen molar-refractivity contribution in [3.05, 3.63) is 77.1 Å². The number of rotatable bonds is 6. The average Bonchev–Trinajstić information content (AvgIpc) is 3.22. The third kappa shape index (κ3) is 3.79. The lowest BCUT2D eigenvalue weighted by atomic mass is 10.1. The number of carbonyl (C=O) groups is 1. The topological polar surface area (TPSA) is 77.8 Å². The first kappa shape index (κ1) is 19.7. The molecule has 0 bridgehead atoms. The van der Waals surface area contributed by atoms with Gasteiger partial charge in [-0.1, -0.05) is 29.8 Å². The molecule has 0 radical (unpaired) electrons. The van der Waals surface area contributed by atoms with Crippen molar-refractivity contribution < 1.29 is 14.3 Å². The van der Waals surface area contributed by atoms with Crippen LogP contribution in [0.3, 0.4) is 0 Å². The summed E-state index contributed by atoms with van der Waals surface area (Å²) in [5, 5.41) is 7.92. The normalized spacial score (nSPS) is 10.8. The molecule has 0 spiro atoms. The summed E-state index contributed by atoms with van der Waals surface area (Å²) in [6.45, 7) is 0.327. The van der Waals surface area contributed by atoms with E-state index in [0.717, 1.165) is 16.8 Å². The Morgan fingerprint density at radius 2 is 1.83 bits per heavy atom. The molecule has 2 aromatic carbocycles. The maximum atomic E-state index is 12.8. The van der Waals surface area contributed by atoms with Crippen LogP contribution in [-0.2, 0) is 6.54 Å². The van der Waals surface area contributed by atoms with Crippen LogP contribution >= 0.6 is 11.6 Å². The number of halogens is 1. The minimum Gasteiger partial charge on any atom is -0.493 e. The van der Waals surface area contributed by atoms with Gasteiger partial charge in [0.25, 0.3) is 5.91 Å². The van der Waals surface area contributed by atoms with Gasteiger partial charge in [-0.05, 0) is 35.9 Å². The van der Waals surface area contributed by atoms with Crippen molar-refractivity contribution in [2.75, 3.05) is 14.2 Å². The lowest BCUT2D eigenvalue weighted by Crippen LogP contribution is -2.22. The molecule has 152 valence electrons. The van der Waals surface area contributed by atoms with Crippen LogP contribution in [0.1, 0.15) is 15.9 Å². The zero-order chi connectivity index (χ0) is 21.1. The number of amides is 1. The van der Waals surface area contributed by atoms with Crippen molar-refractivity contribution in [2.24, 2.45) is 0 Å². The molecule has 4 rings (SSSR count). The van der Waals surface area contributed by atoms with E-state index in [2.05, 4.69) is 15.4 Å². The Bertz CT molecular complexity index is 1200. The summed E-state index contributed by atoms with van der Waals surface area (Å²) in [5.41, 5.74) is 3.49. The van der Waals surface area contributed by atoms with E-state index in [0.29, 0.717) is 34.3 Å². The third-order valence-electron chi connectivity index (χ3n) is 4.69. The second-order valence-corrected chi connectivity index (χ2v) is 6.94. The largest absolute Gasteiger partial charge is 0.493 e. The van der Waals surface area contributed by atoms with E-state index in [9.17, 15) is 4.79 Å². The van der Waals surface area contributed by atoms with Gasteiger partial charge in [0, 0.05) is 23.3 Å². The van der Waals surface area contributed by atoms with Crippen LogP contribution in [0.2, 0.25) is 5.02 Å². The van der Waals surface area contributed by atoms with Crippen LogP contribution in [0, 0.1) is 0 Å². The van der Waals surface area contributed by atoms with Crippen molar-refractivity contribution in [3.63, 3.8) is 0 Å². The summed E-state index contributed by atoms with van der Waals surface area (Å²) in [6, 6.07) is 14.8. The molecule has 4 aromatic rings. The average molecular weight is 423 g/mol. The molecule has 2 heterocycles. The number of hydrogen-bond acceptors (Lipinski definition) is 5. The van der Waals surface area contributed by atoms with Crippen LogP contribution < -0.4 is 14.8 Å². The number of fused-ring (bicyclic) bond motifs is 1. The summed E-state index contributed by atoms with van der Waals surface area (Å²) in [5.74, 6) is 0.976. The molecule has 0 saturated carbocycles. The molecule has 8 heteroatoms. The van der Waals surface area contributed by atoms with Gasteiger partial charge in [-0.2, -0.15) is 5.10 Å². The number of hydrogen-bond donors (Lipinski definition) is 1. The van der Waals surface area contributed by atoms with Crippen LogP contribution in [0.15, 0.2) is 60.9 Å². The minimum absolute atomic E-state index is 0.263. The Morgan fingerprint density at radius 3 is 2.57 bits per heavy atom. The summed E-state index contributed by atoms with van der Waals surface area (Å²) in [6.07, 6.45) is 3.18. The fraction of sp³-hybridized carbons (Fsp3) is 0.136. The van der Waals surface area contributed by atoms with Crippen LogP contribution in [0.4, 0.5) is 0 Å². The number of carbonyl (C=O) groups excluding carboxylic acids is 1. The zero-order valence-electron chi connectivity index (χ0n) is 16.4. The Hall–Kier alpha value is -3.58. The van der Waals surface area contributed by atoms with Crippen molar-refractivity contribution >= 4 is 23.2 Å². The maximum Gasteiger partial charge on any atom is 0.257 e. The summed E-state index contributed by atoms with van der Waals surface area (Å²) < 4.78 is 12.2. The quantitative estimate of drug-likeness (QED) is 0.508. The van der Waals surface area contributed by atoms with E-state index >= 15 is 0 Å². The fourth-order valence-corrected chi connectivity index (χ4v) is 3.29. The Morgan fingerprint density at radius 1 is 1.07 bits per heavy atom. The first-order valence-corrected chi connectivity index (χ1v) is 9.56. The predicted octanol–water partition coefficient (Wildman–Crippen LogP) is 4.00. The SMILES string of the molecule is COc1ccc(CNC(=O)c2cnn3c(-c4ccc(Cl)cc4)ccnc23)cc1OC. The fourth-order valence-electron chi connectivity index (χ4n) is 3.16. The predicted molar refractivity (Wildman–Crippen MR) is 114 cm³/mol. The molecule has 0 aliphatic rings. The van der Waals surface area contributed by atoms with E-state index < -0.39 is 0 Å². The van der Waals surface area contributed by atoms with Gasteiger partial charge in [-0.25, -0.2) is 9.50 Å². The molecule has 0 aliphatic carbocycles. The summed E-state index contributed by atoms with van der Waals surface area (Å²) >= 11 is 5.98. The highest BCUT2D eigenvalue weighted by Gasteiger charge is 2.16. The number of nitrogens with zero attached hydrogens (tertiary/aromatic N) is 3. The van der Waals surface area contributed by atoms with Crippen molar-refractivity contribution in [1.29, 1.82) is 0 Å². The van der Waals surface area contributed by atoms with Gasteiger partial charge in [0.1, 0.15) is 5.56 Å². The summed E-state index contributed by atoms with van der Waals surface area (Å²) in [4.78, 5) is 17.1. The molecule has 30 heavy (non-hydrogen) atoms. The first-order valence-electron chi connectivity index (χ1n) is 9.18. The Labute approximate surface area is 178 Å². The molecule has 7 nitrogen and oxygen atoms in total. The highest BCUT2D eigenvalue weighted by atomic mass is 35.5. The van der Waals surface area contributed by atoms with Crippen LogP contribution in [0.5, 0.6) is 11.5 Å². The maximum absolute atomic E-state index is 12.8. The van der Waals surface area contributed by atoms with E-state index in [1.807, 2.05) is 42.5 Å². The number of methoxy groups -OCH3 is 2. The molecule has 2 aromatic heterocycles. The smallest absolute Gasteiger partial charge is 0.257 e. The summed E-state index contributed by atoms with van der Waals surface area (Å²) in [7, 11) is 3.15. The van der Waals surface area contributed by atoms with E-state index in [-0.39, 0.29) is 5.91 Å². The molecule has 0 atom stereocenters. The van der Waals surface area contributed by atoms with E-state index in [1.54, 1.807) is 31.0 Å². The molecular weight excluding hydrogens is 404 g/mol. The van der Waals surface area contributed by atoms with Gasteiger partial charge in [-0.15, -0.1) is 0 Å². The van der Waals surface area contributed by atoms with Crippen molar-refractivity contribution in [3.8, 4) is 22.8 Å². The molecule has 0 saturated heterocycles. The van der Waals surface area contributed by atoms with Gasteiger partial charge in [0.05, 0.1) is 26.1 Å². The third-order valence-corrected chi connectivity index (χ3v) is 4.94. The van der Waals surface area contributed by atoms with Crippen molar-refractivity contribution in [1.82, 2.24) is 19.9 Å². The molecule has 1 amide bonds. The lowest BCUT2D eigenvalue weighted by Gasteiger charge is -2.10. The molecule has 0 unspecified atom stereocenters. The highest BCUT2D eigenvalue weighted by Crippen LogP contribution is 2.27. The van der Waals surface area contributed by atoms with E-state index in [4.69, 9.17) is 21.1 Å². The van der Waals surface area contributed by atoms with Gasteiger partial charge >= 0.3 is 0 Å². The highest BCUT2D eigenvalue weighted by molar-refractivity contribution is 6.30. The van der Waals surface area contributed by atoms with Gasteiger partial charge < -0.3 is 14.8 Å². The second kappa shape index (κ2) is 8.42. The molecule has 1 N–H and O–H groups in total. The van der Waals surface area contributed by atoms with Gasteiger partial charge in [-0.3, -0.25) is 4.79 Å². The van der Waals surface area contributed by atoms with Gasteiger partial charge in [0.2, 0.25) is 0 Å². The standard InChI is InChI=1S/C22H19ClN4O3/c1-29-19-8-3-14(11-20(19)30-2)12-25-22(28)17-13-26-27-18(9-10-24-21(17)27)15-4-6-16(23)7-5-15/h3-11,13H,12H2,1-2H3,(H,25,28). The van der Waals surface area contributed by atoms with Gasteiger partial charge in [0.15, 0.2) is 17.1 Å². The zero-order valence-corrected chi connectivity index (χ0v) is 17.2. The van der Waals surface area contributed by atoms with Crippen molar-refractivity contribution in [2.45, 2.75) is 6.54 Å². The number of benzene rings is 2. The second-order valence-electron chi connectivity index (χ2n) is 6.50. The van der Waals surface area contributed by atoms with Crippen LogP contribution in [-0.4, -0.2) is 34.7 Å². The molecule has 0 fully saturated rings. The lowest BCUT2D eigenvalue weighted by molar-refractivity contribution is 0.0952. The first-order chi connectivity index (χ1) is 14.6. The number of nitrogens with one attached hydrogen (secondary N) is 1. The number of aromatic nitrogens is 3. The van der Waals surface area contributed by atoms with E-state index in [1.165, 1.54) is 6.20 Å². The minimum atomic E-state index is -0.263. The molecule has 0 aliphatic heterocycles. The number of ether oxygens (including phenoxy) is 2. The molecular formula is C22H19ClN4O3. The Kier molecular flexibility index (Phi) is 5.54. The monoisotopic (exact) mass is 422 g/mol. The van der Waals surface area contributed by atoms with Crippen LogP contribution in [0.25, 0.3) is 16.9 Å².